The number of carbonyl (C=O) groups is 2. The Kier molecular flexibility index (Phi) is 4.48. The van der Waals surface area contributed by atoms with Crippen LogP contribution in [0, 0.1) is 0 Å². The highest BCUT2D eigenvalue weighted by atomic mass is 16.5. The number of hydrogen-bond donors (Lipinski definition) is 1. The number of nitrogens with zero attached hydrogens (tertiary/aromatic N) is 4. The van der Waals surface area contributed by atoms with E-state index in [-0.39, 0.29) is 11.9 Å². The topological polar surface area (TPSA) is 91.4 Å². The minimum absolute atomic E-state index is 0.0418. The summed E-state index contributed by atoms with van der Waals surface area (Å²) in [6.07, 6.45) is 6.40. The van der Waals surface area contributed by atoms with Crippen molar-refractivity contribution in [2.24, 2.45) is 0 Å². The van der Waals surface area contributed by atoms with Gasteiger partial charge in [0.05, 0.1) is 24.3 Å². The molecule has 26 heavy (non-hydrogen) atoms. The van der Waals surface area contributed by atoms with Gasteiger partial charge in [0, 0.05) is 31.7 Å². The first-order chi connectivity index (χ1) is 12.7. The molecule has 2 fully saturated rings. The number of hydrogen-bond acceptors (Lipinski definition) is 5. The maximum Gasteiger partial charge on any atom is 0.410 e. The molecule has 1 unspecified atom stereocenters. The van der Waals surface area contributed by atoms with E-state index in [9.17, 15) is 9.59 Å². The number of rotatable bonds is 2. The molecule has 0 aliphatic carbocycles. The van der Waals surface area contributed by atoms with Gasteiger partial charge >= 0.3 is 6.09 Å². The lowest BCUT2D eigenvalue weighted by molar-refractivity contribution is -0.136. The van der Waals surface area contributed by atoms with E-state index in [0.717, 1.165) is 36.1 Å². The van der Waals surface area contributed by atoms with Crippen LogP contribution in [0.4, 0.5) is 4.79 Å². The van der Waals surface area contributed by atoms with Gasteiger partial charge in [-0.25, -0.2) is 9.78 Å². The van der Waals surface area contributed by atoms with Crippen molar-refractivity contribution in [2.75, 3.05) is 26.7 Å². The van der Waals surface area contributed by atoms with E-state index in [1.807, 2.05) is 11.0 Å². The van der Waals surface area contributed by atoms with Crippen molar-refractivity contribution in [3.63, 3.8) is 0 Å². The second-order valence-electron chi connectivity index (χ2n) is 6.94. The molecular formula is C18H23N5O3. The molecule has 0 saturated carbocycles. The van der Waals surface area contributed by atoms with Crippen molar-refractivity contribution in [1.29, 1.82) is 0 Å². The molecule has 8 nitrogen and oxygen atoms in total. The molecule has 4 heterocycles. The highest BCUT2D eigenvalue weighted by molar-refractivity contribution is 5.86. The van der Waals surface area contributed by atoms with Crippen LogP contribution in [0.15, 0.2) is 18.5 Å². The normalized spacial score (nSPS) is 21.3. The molecule has 4 rings (SSSR count). The molecule has 0 bridgehead atoms. The van der Waals surface area contributed by atoms with E-state index in [4.69, 9.17) is 4.74 Å². The predicted octanol–water partition coefficient (Wildman–Crippen LogP) is 1.89. The molecular weight excluding hydrogens is 334 g/mol. The summed E-state index contributed by atoms with van der Waals surface area (Å²) in [7, 11) is 1.36. The molecule has 0 spiro atoms. The Labute approximate surface area is 151 Å². The number of amides is 2. The fourth-order valence-corrected chi connectivity index (χ4v) is 4.01. The minimum atomic E-state index is -0.411. The van der Waals surface area contributed by atoms with Gasteiger partial charge in [-0.15, -0.1) is 0 Å². The Balaban J connectivity index is 1.40. The van der Waals surface area contributed by atoms with Crippen LogP contribution in [0.1, 0.15) is 37.4 Å². The van der Waals surface area contributed by atoms with E-state index >= 15 is 0 Å². The van der Waals surface area contributed by atoms with Crippen molar-refractivity contribution >= 4 is 23.0 Å². The lowest BCUT2D eigenvalue weighted by Crippen LogP contribution is -2.49. The lowest BCUT2D eigenvalue weighted by atomic mass is 9.95. The Hall–Kier alpha value is -2.64. The molecule has 0 aromatic carbocycles. The third kappa shape index (κ3) is 3.00. The number of pyridine rings is 1. The molecule has 2 saturated heterocycles. The minimum Gasteiger partial charge on any atom is -0.453 e. The summed E-state index contributed by atoms with van der Waals surface area (Å²) < 4.78 is 4.80. The SMILES string of the molecule is COC(=O)N1CCCC1C(=O)N1CCC(c2nc3ccncc3[nH]2)CC1. The highest BCUT2D eigenvalue weighted by Gasteiger charge is 2.38. The first-order valence-electron chi connectivity index (χ1n) is 9.10. The van der Waals surface area contributed by atoms with Gasteiger partial charge in [0.25, 0.3) is 0 Å². The molecule has 2 aliphatic rings. The summed E-state index contributed by atoms with van der Waals surface area (Å²) in [5, 5.41) is 0. The summed E-state index contributed by atoms with van der Waals surface area (Å²) in [6.45, 7) is 1.96. The summed E-state index contributed by atoms with van der Waals surface area (Å²) in [5.41, 5.74) is 1.87. The zero-order chi connectivity index (χ0) is 18.1. The van der Waals surface area contributed by atoms with Crippen LogP contribution in [0.3, 0.4) is 0 Å². The lowest BCUT2D eigenvalue weighted by Gasteiger charge is -2.34. The first-order valence-corrected chi connectivity index (χ1v) is 9.10. The number of aromatic nitrogens is 3. The number of fused-ring (bicyclic) bond motifs is 1. The van der Waals surface area contributed by atoms with Crippen LogP contribution in [0.25, 0.3) is 11.0 Å². The average molecular weight is 357 g/mol. The third-order valence-corrected chi connectivity index (χ3v) is 5.44. The van der Waals surface area contributed by atoms with Gasteiger partial charge in [-0.2, -0.15) is 0 Å². The number of nitrogens with one attached hydrogen (secondary N) is 1. The van der Waals surface area contributed by atoms with Gasteiger partial charge in [-0.3, -0.25) is 14.7 Å². The largest absolute Gasteiger partial charge is 0.453 e. The number of aromatic amines is 1. The molecule has 2 aromatic heterocycles. The van der Waals surface area contributed by atoms with Gasteiger partial charge in [0.15, 0.2) is 0 Å². The fraction of sp³-hybridized carbons (Fsp3) is 0.556. The predicted molar refractivity (Wildman–Crippen MR) is 94.6 cm³/mol. The Morgan fingerprint density at radius 1 is 1.23 bits per heavy atom. The fourth-order valence-electron chi connectivity index (χ4n) is 4.01. The molecule has 138 valence electrons. The second-order valence-corrected chi connectivity index (χ2v) is 6.94. The third-order valence-electron chi connectivity index (χ3n) is 5.44. The van der Waals surface area contributed by atoms with Crippen LogP contribution in [-0.4, -0.2) is 69.5 Å². The number of piperidine rings is 1. The van der Waals surface area contributed by atoms with Gasteiger partial charge < -0.3 is 14.6 Å². The van der Waals surface area contributed by atoms with Gasteiger partial charge in [0.1, 0.15) is 11.9 Å². The van der Waals surface area contributed by atoms with E-state index in [0.29, 0.717) is 32.0 Å². The molecule has 1 atom stereocenters. The van der Waals surface area contributed by atoms with E-state index < -0.39 is 6.09 Å². The van der Waals surface area contributed by atoms with Gasteiger partial charge in [0.2, 0.25) is 5.91 Å². The number of methoxy groups -OCH3 is 1. The van der Waals surface area contributed by atoms with Crippen molar-refractivity contribution in [3.05, 3.63) is 24.3 Å². The molecule has 8 heteroatoms. The highest BCUT2D eigenvalue weighted by Crippen LogP contribution is 2.29. The zero-order valence-electron chi connectivity index (χ0n) is 14.9. The van der Waals surface area contributed by atoms with E-state index in [1.165, 1.54) is 7.11 Å². The maximum absolute atomic E-state index is 12.9. The second kappa shape index (κ2) is 6.93. The van der Waals surface area contributed by atoms with Gasteiger partial charge in [-0.1, -0.05) is 0 Å². The molecule has 2 aromatic rings. The Morgan fingerprint density at radius 2 is 2.04 bits per heavy atom. The summed E-state index contributed by atoms with van der Waals surface area (Å²) in [6, 6.07) is 1.52. The average Bonchev–Trinajstić information content (AvgIpc) is 3.34. The molecule has 2 amide bonds. The summed E-state index contributed by atoms with van der Waals surface area (Å²) in [4.78, 5) is 40.3. The van der Waals surface area contributed by atoms with Crippen molar-refractivity contribution in [3.8, 4) is 0 Å². The summed E-state index contributed by atoms with van der Waals surface area (Å²) in [5.74, 6) is 1.32. The number of carbonyl (C=O) groups excluding carboxylic acids is 2. The Bertz CT molecular complexity index is 779. The van der Waals surface area contributed by atoms with Crippen LogP contribution < -0.4 is 0 Å². The Morgan fingerprint density at radius 3 is 2.77 bits per heavy atom. The molecule has 0 radical (unpaired) electrons. The van der Waals surface area contributed by atoms with Gasteiger partial charge in [-0.05, 0) is 31.7 Å². The van der Waals surface area contributed by atoms with Crippen molar-refractivity contribution in [1.82, 2.24) is 24.8 Å². The molecule has 2 aliphatic heterocycles. The quantitative estimate of drug-likeness (QED) is 0.886. The number of likely N-dealkylation sites (tertiary alicyclic amines) is 2. The van der Waals surface area contributed by atoms with E-state index in [1.54, 1.807) is 17.3 Å². The summed E-state index contributed by atoms with van der Waals surface area (Å²) >= 11 is 0. The first kappa shape index (κ1) is 16.8. The number of H-pyrrole nitrogens is 1. The smallest absolute Gasteiger partial charge is 0.410 e. The van der Waals surface area contributed by atoms with Crippen LogP contribution >= 0.6 is 0 Å². The maximum atomic E-state index is 12.9. The van der Waals surface area contributed by atoms with Crippen molar-refractivity contribution in [2.45, 2.75) is 37.6 Å². The van der Waals surface area contributed by atoms with Crippen LogP contribution in [0.5, 0.6) is 0 Å². The van der Waals surface area contributed by atoms with Crippen LogP contribution in [-0.2, 0) is 9.53 Å². The number of imidazole rings is 1. The number of ether oxygens (including phenoxy) is 1. The zero-order valence-corrected chi connectivity index (χ0v) is 14.9. The van der Waals surface area contributed by atoms with E-state index in [2.05, 4.69) is 15.0 Å². The standard InChI is InChI=1S/C18H23N5O3/c1-26-18(25)23-8-2-3-15(23)17(24)22-9-5-12(6-10-22)16-20-13-4-7-19-11-14(13)21-16/h4,7,11-12,15H,2-3,5-6,8-10H2,1H3,(H,20,21). The van der Waals surface area contributed by atoms with Crippen LogP contribution in [0.2, 0.25) is 0 Å². The molecule has 1 N–H and O–H groups in total. The monoisotopic (exact) mass is 357 g/mol. The van der Waals surface area contributed by atoms with Crippen molar-refractivity contribution < 1.29 is 14.3 Å².